The van der Waals surface area contributed by atoms with E-state index in [1.165, 1.54) is 12.1 Å². The first-order valence-electron chi connectivity index (χ1n) is 4.78. The van der Waals surface area contributed by atoms with Gasteiger partial charge in [-0.15, -0.1) is 5.10 Å². The van der Waals surface area contributed by atoms with E-state index in [1.54, 1.807) is 0 Å². The predicted molar refractivity (Wildman–Crippen MR) is 62.4 cm³/mol. The van der Waals surface area contributed by atoms with Crippen molar-refractivity contribution < 1.29 is 23.1 Å². The molecule has 0 saturated carbocycles. The van der Waals surface area contributed by atoms with Crippen LogP contribution in [0.1, 0.15) is 16.1 Å². The first-order valence-corrected chi connectivity index (χ1v) is 6.37. The van der Waals surface area contributed by atoms with Gasteiger partial charge in [0.05, 0.1) is 5.56 Å². The van der Waals surface area contributed by atoms with Crippen LogP contribution >= 0.6 is 23.3 Å². The Bertz CT molecular complexity index is 596. The molecule has 1 N–H and O–H groups in total. The van der Waals surface area contributed by atoms with Gasteiger partial charge in [0.2, 0.25) is 0 Å². The van der Waals surface area contributed by atoms with E-state index in [4.69, 9.17) is 5.11 Å². The number of carboxylic acids is 1. The van der Waals surface area contributed by atoms with E-state index in [-0.39, 0.29) is 5.69 Å². The van der Waals surface area contributed by atoms with Crippen LogP contribution in [0.2, 0.25) is 0 Å². The number of halogens is 3. The number of alkyl halides is 3. The minimum Gasteiger partial charge on any atom is -0.476 e. The average Bonchev–Trinajstić information content (AvgIpc) is 2.77. The number of hydrogen-bond donors (Lipinski definition) is 1. The number of nitrogens with zero attached hydrogens (tertiary/aromatic N) is 2. The van der Waals surface area contributed by atoms with Crippen molar-refractivity contribution >= 4 is 29.3 Å². The molecule has 19 heavy (non-hydrogen) atoms. The van der Waals surface area contributed by atoms with Gasteiger partial charge in [-0.3, -0.25) is 0 Å². The summed E-state index contributed by atoms with van der Waals surface area (Å²) >= 11 is 1.90. The van der Waals surface area contributed by atoms with Crippen molar-refractivity contribution in [1.82, 2.24) is 9.59 Å². The van der Waals surface area contributed by atoms with E-state index < -0.39 is 17.7 Å². The third-order valence-electron chi connectivity index (χ3n) is 2.05. The first kappa shape index (κ1) is 13.8. The van der Waals surface area contributed by atoms with E-state index in [0.29, 0.717) is 9.10 Å². The molecule has 0 aliphatic carbocycles. The van der Waals surface area contributed by atoms with Crippen LogP contribution in [0.3, 0.4) is 0 Å². The Labute approximate surface area is 113 Å². The van der Waals surface area contributed by atoms with Gasteiger partial charge in [0.15, 0.2) is 5.69 Å². The molecular formula is C10H5F3N2O2S2. The fourth-order valence-corrected chi connectivity index (χ4v) is 2.86. The second kappa shape index (κ2) is 5.17. The van der Waals surface area contributed by atoms with Crippen molar-refractivity contribution in [3.63, 3.8) is 0 Å². The molecular weight excluding hydrogens is 301 g/mol. The summed E-state index contributed by atoms with van der Waals surface area (Å²) in [6.45, 7) is 0. The molecule has 1 aromatic heterocycles. The summed E-state index contributed by atoms with van der Waals surface area (Å²) in [5.41, 5.74) is -0.951. The van der Waals surface area contributed by atoms with Gasteiger partial charge >= 0.3 is 12.1 Å². The second-order valence-corrected chi connectivity index (χ2v) is 5.43. The molecule has 1 heterocycles. The lowest BCUT2D eigenvalue weighted by molar-refractivity contribution is -0.137. The smallest absolute Gasteiger partial charge is 0.416 e. The number of aromatic nitrogens is 2. The number of rotatable bonds is 3. The molecule has 4 nitrogen and oxygen atoms in total. The average molecular weight is 306 g/mol. The van der Waals surface area contributed by atoms with Gasteiger partial charge < -0.3 is 5.11 Å². The zero-order valence-corrected chi connectivity index (χ0v) is 10.6. The zero-order chi connectivity index (χ0) is 14.0. The molecule has 0 saturated heterocycles. The third-order valence-corrected chi connectivity index (χ3v) is 3.94. The fourth-order valence-electron chi connectivity index (χ4n) is 1.20. The van der Waals surface area contributed by atoms with Gasteiger partial charge in [-0.2, -0.15) is 13.2 Å². The lowest BCUT2D eigenvalue weighted by Gasteiger charge is -2.06. The van der Waals surface area contributed by atoms with Crippen molar-refractivity contribution in [2.24, 2.45) is 0 Å². The summed E-state index contributed by atoms with van der Waals surface area (Å²) in [6, 6.07) is 4.44. The molecule has 0 aliphatic rings. The normalized spacial score (nSPS) is 11.5. The van der Waals surface area contributed by atoms with E-state index in [2.05, 4.69) is 9.59 Å². The number of hydrogen-bond acceptors (Lipinski definition) is 5. The molecule has 0 unspecified atom stereocenters. The zero-order valence-electron chi connectivity index (χ0n) is 9.01. The highest BCUT2D eigenvalue weighted by molar-refractivity contribution is 8.01. The Morgan fingerprint density at radius 1 is 1.26 bits per heavy atom. The molecule has 2 aromatic rings. The van der Waals surface area contributed by atoms with Gasteiger partial charge in [0.25, 0.3) is 0 Å². The Morgan fingerprint density at radius 2 is 1.89 bits per heavy atom. The Kier molecular flexibility index (Phi) is 3.76. The molecule has 0 radical (unpaired) electrons. The molecule has 9 heteroatoms. The van der Waals surface area contributed by atoms with Crippen LogP contribution in [-0.4, -0.2) is 20.7 Å². The van der Waals surface area contributed by atoms with Gasteiger partial charge in [-0.05, 0) is 35.8 Å². The van der Waals surface area contributed by atoms with E-state index in [1.807, 2.05) is 0 Å². The molecule has 0 spiro atoms. The summed E-state index contributed by atoms with van der Waals surface area (Å²) in [4.78, 5) is 11.3. The van der Waals surface area contributed by atoms with Crippen LogP contribution < -0.4 is 0 Å². The maximum absolute atomic E-state index is 12.4. The monoisotopic (exact) mass is 306 g/mol. The van der Waals surface area contributed by atoms with Crippen LogP contribution in [0, 0.1) is 0 Å². The topological polar surface area (TPSA) is 63.1 Å². The standard InChI is InChI=1S/C10H5F3N2O2S2/c11-10(12,13)5-1-3-6(4-2-5)18-9-7(8(16)17)14-15-19-9/h1-4H,(H,16,17). The quantitative estimate of drug-likeness (QED) is 0.941. The summed E-state index contributed by atoms with van der Waals surface area (Å²) in [5.74, 6) is -1.22. The third kappa shape index (κ3) is 3.24. The van der Waals surface area contributed by atoms with E-state index >= 15 is 0 Å². The SMILES string of the molecule is O=C(O)c1nnsc1Sc1ccc(C(F)(F)F)cc1. The summed E-state index contributed by atoms with van der Waals surface area (Å²) in [5, 5.41) is 12.3. The van der Waals surface area contributed by atoms with Crippen molar-refractivity contribution in [3.8, 4) is 0 Å². The van der Waals surface area contributed by atoms with Crippen molar-refractivity contribution in [1.29, 1.82) is 0 Å². The lowest BCUT2D eigenvalue weighted by atomic mass is 10.2. The maximum atomic E-state index is 12.4. The van der Waals surface area contributed by atoms with Gasteiger partial charge in [-0.25, -0.2) is 4.79 Å². The number of carbonyl (C=O) groups is 1. The Morgan fingerprint density at radius 3 is 2.42 bits per heavy atom. The first-order chi connectivity index (χ1) is 8.88. The maximum Gasteiger partial charge on any atom is 0.416 e. The molecule has 1 aromatic carbocycles. The number of benzene rings is 1. The number of aromatic carboxylic acids is 1. The van der Waals surface area contributed by atoms with Gasteiger partial charge in [0.1, 0.15) is 4.21 Å². The fraction of sp³-hybridized carbons (Fsp3) is 0.100. The molecule has 0 fully saturated rings. The van der Waals surface area contributed by atoms with Crippen LogP contribution in [0.4, 0.5) is 13.2 Å². The highest BCUT2D eigenvalue weighted by Gasteiger charge is 2.30. The van der Waals surface area contributed by atoms with Crippen molar-refractivity contribution in [3.05, 3.63) is 35.5 Å². The molecule has 0 atom stereocenters. The Balaban J connectivity index is 2.20. The van der Waals surface area contributed by atoms with Gasteiger partial charge in [0, 0.05) is 4.90 Å². The van der Waals surface area contributed by atoms with Gasteiger partial charge in [-0.1, -0.05) is 16.3 Å². The largest absolute Gasteiger partial charge is 0.476 e. The van der Waals surface area contributed by atoms with Crippen LogP contribution in [0.25, 0.3) is 0 Å². The summed E-state index contributed by atoms with van der Waals surface area (Å²) in [7, 11) is 0. The predicted octanol–water partition coefficient (Wildman–Crippen LogP) is 3.41. The highest BCUT2D eigenvalue weighted by atomic mass is 32.2. The minimum atomic E-state index is -4.39. The summed E-state index contributed by atoms with van der Waals surface area (Å²) in [6.07, 6.45) is -4.39. The second-order valence-electron chi connectivity index (χ2n) is 3.34. The Hall–Kier alpha value is -1.61. The van der Waals surface area contributed by atoms with Crippen LogP contribution in [0.5, 0.6) is 0 Å². The molecule has 0 amide bonds. The van der Waals surface area contributed by atoms with Crippen molar-refractivity contribution in [2.75, 3.05) is 0 Å². The molecule has 2 rings (SSSR count). The molecule has 0 bridgehead atoms. The van der Waals surface area contributed by atoms with Crippen LogP contribution in [0.15, 0.2) is 33.4 Å². The minimum absolute atomic E-state index is 0.199. The van der Waals surface area contributed by atoms with E-state index in [9.17, 15) is 18.0 Å². The highest BCUT2D eigenvalue weighted by Crippen LogP contribution is 2.35. The van der Waals surface area contributed by atoms with Crippen molar-refractivity contribution in [2.45, 2.75) is 15.3 Å². The lowest BCUT2D eigenvalue weighted by Crippen LogP contribution is -2.03. The van der Waals surface area contributed by atoms with Crippen LogP contribution in [-0.2, 0) is 6.18 Å². The van der Waals surface area contributed by atoms with E-state index in [0.717, 1.165) is 35.4 Å². The summed E-state index contributed by atoms with van der Waals surface area (Å²) < 4.78 is 40.9. The molecule has 100 valence electrons. The molecule has 0 aliphatic heterocycles. The number of carboxylic acid groups (broad SMARTS) is 1.